The summed E-state index contributed by atoms with van der Waals surface area (Å²) >= 11 is 6.34. The van der Waals surface area contributed by atoms with Gasteiger partial charge in [-0.2, -0.15) is 5.10 Å². The fraction of sp³-hybridized carbons (Fsp3) is 0.500. The molecule has 0 aliphatic rings. The van der Waals surface area contributed by atoms with E-state index in [-0.39, 0.29) is 5.41 Å². The molecule has 104 valence electrons. The van der Waals surface area contributed by atoms with E-state index in [9.17, 15) is 0 Å². The quantitative estimate of drug-likeness (QED) is 0.875. The molecule has 0 unspecified atom stereocenters. The van der Waals surface area contributed by atoms with Crippen molar-refractivity contribution in [3.63, 3.8) is 0 Å². The fourth-order valence-corrected chi connectivity index (χ4v) is 2.49. The summed E-state index contributed by atoms with van der Waals surface area (Å²) in [5.41, 5.74) is 2.33. The summed E-state index contributed by atoms with van der Waals surface area (Å²) in [4.78, 5) is 0. The number of aromatic nitrogens is 2. The number of hydrogen-bond acceptors (Lipinski definition) is 3. The molecule has 2 rings (SSSR count). The Labute approximate surface area is 118 Å². The first-order chi connectivity index (χ1) is 8.86. The largest absolute Gasteiger partial charge is 0.365 e. The summed E-state index contributed by atoms with van der Waals surface area (Å²) in [7, 11) is 3.58. The molecular weight excluding hydrogens is 262 g/mol. The molecule has 1 aromatic heterocycles. The van der Waals surface area contributed by atoms with Crippen LogP contribution in [0.15, 0.2) is 12.1 Å². The number of fused-ring (bicyclic) bond motifs is 1. The summed E-state index contributed by atoms with van der Waals surface area (Å²) in [6.45, 7) is 6.96. The highest BCUT2D eigenvalue weighted by Gasteiger charge is 2.22. The Bertz CT molecular complexity index is 599. The van der Waals surface area contributed by atoms with Crippen LogP contribution in [0.25, 0.3) is 10.9 Å². The van der Waals surface area contributed by atoms with Gasteiger partial charge in [0, 0.05) is 14.2 Å². The van der Waals surface area contributed by atoms with E-state index in [2.05, 4.69) is 37.3 Å². The zero-order valence-corrected chi connectivity index (χ0v) is 12.8. The molecule has 1 N–H and O–H groups in total. The van der Waals surface area contributed by atoms with Crippen LogP contribution in [0.3, 0.4) is 0 Å². The van der Waals surface area contributed by atoms with Gasteiger partial charge < -0.3 is 10.1 Å². The first-order valence-corrected chi connectivity index (χ1v) is 6.62. The molecule has 0 radical (unpaired) electrons. The second-order valence-electron chi connectivity index (χ2n) is 5.65. The maximum atomic E-state index is 6.34. The highest BCUT2D eigenvalue weighted by Crippen LogP contribution is 2.37. The van der Waals surface area contributed by atoms with Crippen LogP contribution in [0.4, 0.5) is 5.82 Å². The molecule has 19 heavy (non-hydrogen) atoms. The molecule has 0 saturated heterocycles. The van der Waals surface area contributed by atoms with Gasteiger partial charge in [0.25, 0.3) is 0 Å². The molecule has 2 aromatic rings. The molecule has 0 saturated carbocycles. The van der Waals surface area contributed by atoms with Crippen LogP contribution >= 0.6 is 11.6 Å². The number of aryl methyl sites for hydroxylation is 1. The zero-order valence-electron chi connectivity index (χ0n) is 12.0. The van der Waals surface area contributed by atoms with Crippen LogP contribution < -0.4 is 5.32 Å². The van der Waals surface area contributed by atoms with Gasteiger partial charge in [0.1, 0.15) is 6.73 Å². The van der Waals surface area contributed by atoms with Crippen molar-refractivity contribution in [2.75, 3.05) is 19.2 Å². The van der Waals surface area contributed by atoms with E-state index in [1.54, 1.807) is 7.11 Å². The number of nitrogens with one attached hydrogen (secondary N) is 1. The van der Waals surface area contributed by atoms with E-state index in [4.69, 9.17) is 16.3 Å². The van der Waals surface area contributed by atoms with Crippen LogP contribution in [-0.4, -0.2) is 23.6 Å². The molecule has 1 heterocycles. The van der Waals surface area contributed by atoms with Crippen molar-refractivity contribution in [1.29, 1.82) is 0 Å². The Morgan fingerprint density at radius 2 is 2.05 bits per heavy atom. The van der Waals surface area contributed by atoms with E-state index in [0.717, 1.165) is 16.7 Å². The standard InChI is InChI=1S/C14H20ClN3O/c1-14(2,3)9-6-7-10(15)11-12(9)18(4)17-13(11)16-8-19-5/h6-7H,8H2,1-5H3,(H,16,17). The summed E-state index contributed by atoms with van der Waals surface area (Å²) in [5, 5.41) is 9.30. The molecule has 0 aliphatic carbocycles. The Hall–Kier alpha value is -1.26. The molecule has 5 heteroatoms. The van der Waals surface area contributed by atoms with Gasteiger partial charge in [-0.3, -0.25) is 4.68 Å². The van der Waals surface area contributed by atoms with Gasteiger partial charge in [-0.05, 0) is 17.0 Å². The SMILES string of the molecule is COCNc1nn(C)c2c(C(C)(C)C)ccc(Cl)c12. The van der Waals surface area contributed by atoms with Crippen molar-refractivity contribution in [3.05, 3.63) is 22.7 Å². The number of methoxy groups -OCH3 is 1. The van der Waals surface area contributed by atoms with E-state index < -0.39 is 0 Å². The maximum absolute atomic E-state index is 6.34. The van der Waals surface area contributed by atoms with E-state index >= 15 is 0 Å². The monoisotopic (exact) mass is 281 g/mol. The normalized spacial score (nSPS) is 12.1. The molecule has 0 amide bonds. The number of nitrogens with zero attached hydrogens (tertiary/aromatic N) is 2. The number of hydrogen-bond donors (Lipinski definition) is 1. The third-order valence-electron chi connectivity index (χ3n) is 3.13. The summed E-state index contributed by atoms with van der Waals surface area (Å²) < 4.78 is 6.91. The summed E-state index contributed by atoms with van der Waals surface area (Å²) in [6.07, 6.45) is 0. The van der Waals surface area contributed by atoms with Crippen LogP contribution in [0.1, 0.15) is 26.3 Å². The number of halogens is 1. The molecule has 0 fully saturated rings. The van der Waals surface area contributed by atoms with Crippen LogP contribution in [-0.2, 0) is 17.2 Å². The van der Waals surface area contributed by atoms with Gasteiger partial charge in [0.2, 0.25) is 0 Å². The number of benzene rings is 1. The van der Waals surface area contributed by atoms with E-state index in [1.165, 1.54) is 5.56 Å². The van der Waals surface area contributed by atoms with Gasteiger partial charge >= 0.3 is 0 Å². The predicted octanol–water partition coefficient (Wildman–Crippen LogP) is 3.54. The molecule has 0 spiro atoms. The maximum Gasteiger partial charge on any atom is 0.159 e. The molecule has 0 atom stereocenters. The average molecular weight is 282 g/mol. The number of ether oxygens (including phenoxy) is 1. The first-order valence-electron chi connectivity index (χ1n) is 6.24. The smallest absolute Gasteiger partial charge is 0.159 e. The predicted molar refractivity (Wildman–Crippen MR) is 79.9 cm³/mol. The minimum Gasteiger partial charge on any atom is -0.365 e. The van der Waals surface area contributed by atoms with Crippen LogP contribution in [0.2, 0.25) is 5.02 Å². The van der Waals surface area contributed by atoms with Crippen molar-refractivity contribution in [2.24, 2.45) is 7.05 Å². The lowest BCUT2D eigenvalue weighted by molar-refractivity contribution is 0.221. The minimum atomic E-state index is 0.0369. The molecule has 0 aliphatic heterocycles. The zero-order chi connectivity index (χ0) is 14.2. The lowest BCUT2D eigenvalue weighted by Crippen LogP contribution is -2.13. The average Bonchev–Trinajstić information content (AvgIpc) is 2.64. The van der Waals surface area contributed by atoms with Gasteiger partial charge in [-0.25, -0.2) is 0 Å². The molecule has 1 aromatic carbocycles. The number of anilines is 1. The fourth-order valence-electron chi connectivity index (χ4n) is 2.25. The van der Waals surface area contributed by atoms with Crippen molar-refractivity contribution in [2.45, 2.75) is 26.2 Å². The topological polar surface area (TPSA) is 39.1 Å². The van der Waals surface area contributed by atoms with Crippen molar-refractivity contribution >= 4 is 28.3 Å². The Balaban J connectivity index is 2.71. The minimum absolute atomic E-state index is 0.0369. The van der Waals surface area contributed by atoms with Crippen molar-refractivity contribution in [3.8, 4) is 0 Å². The second-order valence-corrected chi connectivity index (χ2v) is 6.06. The Morgan fingerprint density at radius 1 is 1.37 bits per heavy atom. The molecular formula is C14H20ClN3O. The summed E-state index contributed by atoms with van der Waals surface area (Å²) in [5.74, 6) is 0.760. The highest BCUT2D eigenvalue weighted by molar-refractivity contribution is 6.36. The van der Waals surface area contributed by atoms with Crippen molar-refractivity contribution < 1.29 is 4.74 Å². The first kappa shape index (κ1) is 14.2. The van der Waals surface area contributed by atoms with Crippen LogP contribution in [0, 0.1) is 0 Å². The molecule has 4 nitrogen and oxygen atoms in total. The Morgan fingerprint density at radius 3 is 2.63 bits per heavy atom. The van der Waals surface area contributed by atoms with E-state index in [0.29, 0.717) is 11.8 Å². The number of rotatable bonds is 3. The van der Waals surface area contributed by atoms with Gasteiger partial charge in [0.05, 0.1) is 15.9 Å². The third kappa shape index (κ3) is 2.55. The van der Waals surface area contributed by atoms with Gasteiger partial charge in [0.15, 0.2) is 5.82 Å². The lowest BCUT2D eigenvalue weighted by atomic mass is 9.85. The lowest BCUT2D eigenvalue weighted by Gasteiger charge is -2.20. The summed E-state index contributed by atoms with van der Waals surface area (Å²) in [6, 6.07) is 4.01. The van der Waals surface area contributed by atoms with Gasteiger partial charge in [-0.1, -0.05) is 38.4 Å². The van der Waals surface area contributed by atoms with Crippen molar-refractivity contribution in [1.82, 2.24) is 9.78 Å². The second kappa shape index (κ2) is 5.02. The third-order valence-corrected chi connectivity index (χ3v) is 3.44. The van der Waals surface area contributed by atoms with E-state index in [1.807, 2.05) is 17.8 Å². The highest BCUT2D eigenvalue weighted by atomic mass is 35.5. The Kier molecular flexibility index (Phi) is 3.74. The molecule has 0 bridgehead atoms. The van der Waals surface area contributed by atoms with Gasteiger partial charge in [-0.15, -0.1) is 0 Å². The van der Waals surface area contributed by atoms with Crippen LogP contribution in [0.5, 0.6) is 0 Å².